The van der Waals surface area contributed by atoms with Crippen LogP contribution in [-0.2, 0) is 65.4 Å². The molecule has 0 aromatic rings. The molecule has 19 heteroatoms. The fraction of sp³-hybridized carbons (Fsp3) is 0.886. The van der Waals surface area contributed by atoms with Gasteiger partial charge in [-0.15, -0.1) is 0 Å². The molecule has 0 aromatic carbocycles. The number of allylic oxidation sites excluding steroid dienone is 4. The van der Waals surface area contributed by atoms with Crippen molar-refractivity contribution < 1.29 is 80.2 Å². The Bertz CT molecular complexity index is 1830. The zero-order valence-corrected chi connectivity index (χ0v) is 59.0. The molecule has 0 radical (unpaired) electrons. The maximum absolute atomic E-state index is 13.0. The van der Waals surface area contributed by atoms with Crippen molar-refractivity contribution in [2.45, 2.75) is 349 Å². The first-order valence-electron chi connectivity index (χ1n) is 35.8. The Hall–Kier alpha value is -2.46. The minimum absolute atomic E-state index is 0.0848. The van der Waals surface area contributed by atoms with E-state index in [1.807, 2.05) is 0 Å². The molecule has 0 aliphatic heterocycles. The molecule has 17 nitrogen and oxygen atoms in total. The van der Waals surface area contributed by atoms with Gasteiger partial charge >= 0.3 is 39.5 Å². The fourth-order valence-electron chi connectivity index (χ4n) is 10.1. The van der Waals surface area contributed by atoms with Gasteiger partial charge in [0.05, 0.1) is 26.4 Å². The molecule has 0 heterocycles. The van der Waals surface area contributed by atoms with E-state index in [1.54, 1.807) is 0 Å². The highest BCUT2D eigenvalue weighted by atomic mass is 31.2. The number of phosphoric acid groups is 2. The summed E-state index contributed by atoms with van der Waals surface area (Å²) in [5, 5.41) is 10.6. The van der Waals surface area contributed by atoms with Crippen molar-refractivity contribution in [2.75, 3.05) is 39.6 Å². The van der Waals surface area contributed by atoms with Gasteiger partial charge in [0.25, 0.3) is 0 Å². The zero-order valence-electron chi connectivity index (χ0n) is 57.2. The van der Waals surface area contributed by atoms with Crippen LogP contribution in [0, 0.1) is 11.8 Å². The second-order valence-electron chi connectivity index (χ2n) is 25.5. The first-order valence-corrected chi connectivity index (χ1v) is 38.8. The summed E-state index contributed by atoms with van der Waals surface area (Å²) in [6.45, 7) is 9.42. The van der Waals surface area contributed by atoms with Gasteiger partial charge in [-0.05, 0) is 63.2 Å². The molecule has 0 aliphatic rings. The summed E-state index contributed by atoms with van der Waals surface area (Å²) >= 11 is 0. The Morgan fingerprint density at radius 2 is 0.607 bits per heavy atom. The second kappa shape index (κ2) is 61.7. The lowest BCUT2D eigenvalue weighted by Gasteiger charge is -2.21. The maximum Gasteiger partial charge on any atom is 0.472 e. The van der Waals surface area contributed by atoms with Crippen LogP contribution in [0.3, 0.4) is 0 Å². The molecule has 0 aromatic heterocycles. The first kappa shape index (κ1) is 86.5. The zero-order chi connectivity index (χ0) is 65.7. The van der Waals surface area contributed by atoms with Crippen molar-refractivity contribution in [2.24, 2.45) is 11.8 Å². The summed E-state index contributed by atoms with van der Waals surface area (Å²) in [4.78, 5) is 72.4. The van der Waals surface area contributed by atoms with E-state index in [-0.39, 0.29) is 25.7 Å². The number of esters is 4. The average molecular weight is 1310 g/mol. The van der Waals surface area contributed by atoms with Crippen molar-refractivity contribution >= 4 is 39.5 Å². The molecule has 89 heavy (non-hydrogen) atoms. The molecule has 0 aliphatic carbocycles. The lowest BCUT2D eigenvalue weighted by molar-refractivity contribution is -0.161. The molecule has 0 bridgehead atoms. The molecule has 0 spiro atoms. The van der Waals surface area contributed by atoms with E-state index in [0.717, 1.165) is 121 Å². The minimum Gasteiger partial charge on any atom is -0.462 e. The quantitative estimate of drug-likeness (QED) is 0.0169. The third kappa shape index (κ3) is 64.1. The summed E-state index contributed by atoms with van der Waals surface area (Å²) in [5.74, 6) is -0.663. The lowest BCUT2D eigenvalue weighted by Crippen LogP contribution is -2.30. The van der Waals surface area contributed by atoms with Crippen molar-refractivity contribution in [3.05, 3.63) is 24.3 Å². The molecular weight excluding hydrogens is 1170 g/mol. The SMILES string of the molecule is CCCCCC/C=C\C=C/CCCCCCCC(=O)O[C@H](COC(=O)CCCCCCCCCCCCCCC(C)C)COP(=O)(O)OC[C@@H](O)COP(=O)(O)OC[C@@H](COC(=O)CCCCCCCCCC)OC(=O)CCCCCCCCCCC(C)C. The summed E-state index contributed by atoms with van der Waals surface area (Å²) < 4.78 is 68.2. The van der Waals surface area contributed by atoms with Crippen LogP contribution in [0.5, 0.6) is 0 Å². The molecule has 0 amide bonds. The molecule has 5 atom stereocenters. The summed E-state index contributed by atoms with van der Waals surface area (Å²) in [7, 11) is -9.91. The first-order chi connectivity index (χ1) is 42.9. The van der Waals surface area contributed by atoms with Crippen LogP contribution < -0.4 is 0 Å². The van der Waals surface area contributed by atoms with E-state index in [1.165, 1.54) is 128 Å². The summed E-state index contributed by atoms with van der Waals surface area (Å²) in [6, 6.07) is 0. The predicted octanol–water partition coefficient (Wildman–Crippen LogP) is 19.5. The Kier molecular flexibility index (Phi) is 60.0. The van der Waals surface area contributed by atoms with Crippen molar-refractivity contribution in [3.63, 3.8) is 0 Å². The van der Waals surface area contributed by atoms with E-state index in [0.29, 0.717) is 25.7 Å². The lowest BCUT2D eigenvalue weighted by atomic mass is 10.0. The summed E-state index contributed by atoms with van der Waals surface area (Å²) in [6.07, 6.45) is 49.5. The molecule has 0 rings (SSSR count). The molecule has 0 saturated carbocycles. The fourth-order valence-corrected chi connectivity index (χ4v) is 11.6. The number of hydrogen-bond donors (Lipinski definition) is 3. The Morgan fingerprint density at radius 3 is 0.921 bits per heavy atom. The van der Waals surface area contributed by atoms with Gasteiger partial charge in [0.2, 0.25) is 0 Å². The van der Waals surface area contributed by atoms with Crippen LogP contribution in [0.25, 0.3) is 0 Å². The Labute approximate surface area is 542 Å². The van der Waals surface area contributed by atoms with Gasteiger partial charge in [0.1, 0.15) is 19.3 Å². The molecule has 0 fully saturated rings. The predicted molar refractivity (Wildman–Crippen MR) is 358 cm³/mol. The van der Waals surface area contributed by atoms with Crippen molar-refractivity contribution in [1.29, 1.82) is 0 Å². The molecular formula is C70H132O17P2. The van der Waals surface area contributed by atoms with E-state index in [2.05, 4.69) is 65.8 Å². The van der Waals surface area contributed by atoms with Gasteiger partial charge in [0, 0.05) is 25.7 Å². The monoisotopic (exact) mass is 1310 g/mol. The number of aliphatic hydroxyl groups excluding tert-OH is 1. The third-order valence-corrected chi connectivity index (χ3v) is 17.5. The molecule has 2 unspecified atom stereocenters. The number of hydrogen-bond acceptors (Lipinski definition) is 15. The van der Waals surface area contributed by atoms with E-state index in [9.17, 15) is 43.2 Å². The van der Waals surface area contributed by atoms with Gasteiger partial charge in [-0.25, -0.2) is 9.13 Å². The molecule has 524 valence electrons. The normalized spacial score (nSPS) is 14.3. The smallest absolute Gasteiger partial charge is 0.462 e. The Balaban J connectivity index is 5.27. The largest absolute Gasteiger partial charge is 0.472 e. The van der Waals surface area contributed by atoms with Gasteiger partial charge < -0.3 is 33.8 Å². The van der Waals surface area contributed by atoms with E-state index in [4.69, 9.17) is 37.0 Å². The molecule has 3 N–H and O–H groups in total. The molecule has 0 saturated heterocycles. The topological polar surface area (TPSA) is 237 Å². The van der Waals surface area contributed by atoms with Crippen LogP contribution in [0.15, 0.2) is 24.3 Å². The van der Waals surface area contributed by atoms with E-state index < -0.39 is 97.5 Å². The second-order valence-corrected chi connectivity index (χ2v) is 28.4. The highest BCUT2D eigenvalue weighted by molar-refractivity contribution is 7.47. The van der Waals surface area contributed by atoms with Crippen LogP contribution in [0.2, 0.25) is 0 Å². The minimum atomic E-state index is -4.96. The Morgan fingerprint density at radius 1 is 0.348 bits per heavy atom. The number of aliphatic hydroxyl groups is 1. The van der Waals surface area contributed by atoms with Gasteiger partial charge in [-0.2, -0.15) is 0 Å². The van der Waals surface area contributed by atoms with Gasteiger partial charge in [0.15, 0.2) is 12.2 Å². The van der Waals surface area contributed by atoms with Crippen LogP contribution >= 0.6 is 15.6 Å². The number of phosphoric ester groups is 2. The third-order valence-electron chi connectivity index (χ3n) is 15.6. The number of rotatable bonds is 67. The highest BCUT2D eigenvalue weighted by Crippen LogP contribution is 2.45. The standard InChI is InChI=1S/C70H132O17P2/c1-7-9-11-13-15-17-18-19-20-21-26-29-36-42-48-54-69(74)86-66(59-81-68(73)53-47-41-35-28-25-23-22-24-27-32-38-44-50-62(3)4)61-85-89(78,79)83-57-64(71)56-82-88(76,77)84-60-65(58-80-67(72)52-46-40-34-16-14-12-10-8-2)87-70(75)55-49-43-37-31-30-33-39-45-51-63(5)6/h17-20,62-66,71H,7-16,21-61H2,1-6H3,(H,76,77)(H,78,79)/b18-17-,20-19-/t64-,65+,66+/m0/s1. The van der Waals surface area contributed by atoms with Crippen LogP contribution in [0.4, 0.5) is 0 Å². The number of unbranched alkanes of at least 4 members (excludes halogenated alkanes) is 34. The summed E-state index contributed by atoms with van der Waals surface area (Å²) in [5.41, 5.74) is 0. The maximum atomic E-state index is 13.0. The number of carbonyl (C=O) groups is 4. The van der Waals surface area contributed by atoms with Crippen molar-refractivity contribution in [1.82, 2.24) is 0 Å². The van der Waals surface area contributed by atoms with Crippen LogP contribution in [-0.4, -0.2) is 96.7 Å². The van der Waals surface area contributed by atoms with Crippen molar-refractivity contribution in [3.8, 4) is 0 Å². The number of ether oxygens (including phenoxy) is 4. The van der Waals surface area contributed by atoms with Gasteiger partial charge in [-0.3, -0.25) is 37.3 Å². The highest BCUT2D eigenvalue weighted by Gasteiger charge is 2.30. The number of carbonyl (C=O) groups excluding carboxylic acids is 4. The van der Waals surface area contributed by atoms with Gasteiger partial charge in [-0.1, -0.05) is 278 Å². The van der Waals surface area contributed by atoms with E-state index >= 15 is 0 Å². The van der Waals surface area contributed by atoms with Crippen LogP contribution in [0.1, 0.15) is 330 Å². The average Bonchev–Trinajstić information content (AvgIpc) is 3.70.